The lowest BCUT2D eigenvalue weighted by Gasteiger charge is -2.34. The Morgan fingerprint density at radius 2 is 1.96 bits per heavy atom. The van der Waals surface area contributed by atoms with E-state index in [0.29, 0.717) is 4.88 Å². The number of aryl methyl sites for hydroxylation is 1. The van der Waals surface area contributed by atoms with E-state index in [0.717, 1.165) is 24.1 Å². The topological polar surface area (TPSA) is 49.4 Å². The fourth-order valence-corrected chi connectivity index (χ4v) is 4.76. The van der Waals surface area contributed by atoms with Crippen LogP contribution in [0.5, 0.6) is 0 Å². The lowest BCUT2D eigenvalue weighted by molar-refractivity contribution is -0.132. The van der Waals surface area contributed by atoms with Crippen molar-refractivity contribution in [2.75, 3.05) is 6.54 Å². The van der Waals surface area contributed by atoms with E-state index in [1.54, 1.807) is 6.07 Å². The van der Waals surface area contributed by atoms with Crippen molar-refractivity contribution < 1.29 is 9.59 Å². The van der Waals surface area contributed by atoms with E-state index >= 15 is 0 Å². The van der Waals surface area contributed by atoms with Gasteiger partial charge < -0.3 is 10.2 Å². The van der Waals surface area contributed by atoms with Crippen molar-refractivity contribution in [2.24, 2.45) is 0 Å². The second-order valence-electron chi connectivity index (χ2n) is 6.95. The second kappa shape index (κ2) is 7.08. The van der Waals surface area contributed by atoms with E-state index in [9.17, 15) is 9.59 Å². The zero-order valence-electron chi connectivity index (χ0n) is 14.8. The van der Waals surface area contributed by atoms with Crippen molar-refractivity contribution in [3.63, 3.8) is 0 Å². The van der Waals surface area contributed by atoms with Gasteiger partial charge in [0.25, 0.3) is 5.91 Å². The van der Waals surface area contributed by atoms with Crippen molar-refractivity contribution in [2.45, 2.75) is 38.3 Å². The molecule has 1 N–H and O–H groups in total. The number of nitrogens with one attached hydrogen (secondary N) is 1. The van der Waals surface area contributed by atoms with Crippen molar-refractivity contribution in [1.82, 2.24) is 10.2 Å². The molecule has 2 amide bonds. The molecule has 1 saturated heterocycles. The van der Waals surface area contributed by atoms with Gasteiger partial charge >= 0.3 is 0 Å². The lowest BCUT2D eigenvalue weighted by Crippen LogP contribution is -2.47. The molecular weight excluding hydrogens is 344 g/mol. The number of rotatable bonds is 4. The quantitative estimate of drug-likeness (QED) is 0.898. The Bertz CT molecular complexity index is 856. The van der Waals surface area contributed by atoms with Crippen LogP contribution in [0.3, 0.4) is 0 Å². The number of fused-ring (bicyclic) bond motifs is 2. The summed E-state index contributed by atoms with van der Waals surface area (Å²) in [7, 11) is 0. The van der Waals surface area contributed by atoms with Gasteiger partial charge in [-0.05, 0) is 49.5 Å². The van der Waals surface area contributed by atoms with Gasteiger partial charge in [0.15, 0.2) is 0 Å². The van der Waals surface area contributed by atoms with E-state index in [1.807, 2.05) is 24.0 Å². The van der Waals surface area contributed by atoms with Gasteiger partial charge in [-0.25, -0.2) is 0 Å². The lowest BCUT2D eigenvalue weighted by atomic mass is 9.95. The van der Waals surface area contributed by atoms with Gasteiger partial charge in [-0.2, -0.15) is 0 Å². The third kappa shape index (κ3) is 3.31. The first kappa shape index (κ1) is 17.0. The molecule has 0 aliphatic carbocycles. The molecule has 1 fully saturated rings. The van der Waals surface area contributed by atoms with Crippen LogP contribution in [0, 0.1) is 6.92 Å². The summed E-state index contributed by atoms with van der Waals surface area (Å²) >= 11 is 1.45. The highest BCUT2D eigenvalue weighted by Crippen LogP contribution is 2.38. The SMILES string of the molecule is Cc1ccc(C(=O)NCC(=O)N2C3C=C(c4ccccc4)CC2CC3)s1. The van der Waals surface area contributed by atoms with Crippen molar-refractivity contribution >= 4 is 28.7 Å². The maximum Gasteiger partial charge on any atom is 0.261 e. The predicted octanol–water partition coefficient (Wildman–Crippen LogP) is 3.63. The summed E-state index contributed by atoms with van der Waals surface area (Å²) in [5, 5.41) is 2.78. The average Bonchev–Trinajstić information content (AvgIpc) is 3.21. The van der Waals surface area contributed by atoms with Crippen molar-refractivity contribution in [3.8, 4) is 0 Å². The number of carbonyl (C=O) groups is 2. The molecule has 4 rings (SSSR count). The smallest absolute Gasteiger partial charge is 0.261 e. The Hall–Kier alpha value is -2.40. The first-order valence-electron chi connectivity index (χ1n) is 9.04. The molecular formula is C21H22N2O2S. The molecule has 1 aromatic heterocycles. The average molecular weight is 366 g/mol. The van der Waals surface area contributed by atoms with Gasteiger partial charge in [-0.1, -0.05) is 36.4 Å². The number of nitrogens with zero attached hydrogens (tertiary/aromatic N) is 1. The number of hydrogen-bond acceptors (Lipinski definition) is 3. The standard InChI is InChI=1S/C21H22N2O2S/c1-14-7-10-19(26-14)21(25)22-13-20(24)23-17-8-9-18(23)12-16(11-17)15-5-3-2-4-6-15/h2-7,10-11,17-18H,8-9,12-13H2,1H3,(H,22,25). The first-order valence-corrected chi connectivity index (χ1v) is 9.85. The molecule has 0 spiro atoms. The van der Waals surface area contributed by atoms with Gasteiger partial charge in [0.2, 0.25) is 5.91 Å². The zero-order valence-corrected chi connectivity index (χ0v) is 15.6. The largest absolute Gasteiger partial charge is 0.342 e. The summed E-state index contributed by atoms with van der Waals surface area (Å²) in [6.45, 7) is 2.03. The van der Waals surface area contributed by atoms with Crippen LogP contribution in [0.15, 0.2) is 48.5 Å². The summed E-state index contributed by atoms with van der Waals surface area (Å²) in [6.07, 6.45) is 5.16. The number of benzene rings is 1. The molecule has 3 heterocycles. The van der Waals surface area contributed by atoms with Crippen LogP contribution in [-0.2, 0) is 4.79 Å². The highest BCUT2D eigenvalue weighted by Gasteiger charge is 2.39. The van der Waals surface area contributed by atoms with E-state index in [4.69, 9.17) is 0 Å². The maximum atomic E-state index is 12.7. The minimum atomic E-state index is -0.165. The molecule has 2 aliphatic heterocycles. The Morgan fingerprint density at radius 1 is 1.15 bits per heavy atom. The van der Waals surface area contributed by atoms with Crippen molar-refractivity contribution in [3.05, 3.63) is 63.9 Å². The third-order valence-electron chi connectivity index (χ3n) is 5.19. The van der Waals surface area contributed by atoms with Crippen LogP contribution in [0.2, 0.25) is 0 Å². The molecule has 2 aliphatic rings. The Labute approximate surface area is 157 Å². The highest BCUT2D eigenvalue weighted by molar-refractivity contribution is 7.13. The first-order chi connectivity index (χ1) is 12.6. The second-order valence-corrected chi connectivity index (χ2v) is 8.24. The maximum absolute atomic E-state index is 12.7. The number of amides is 2. The summed E-state index contributed by atoms with van der Waals surface area (Å²) in [6, 6.07) is 14.5. The summed E-state index contributed by atoms with van der Waals surface area (Å²) in [5.74, 6) is -0.149. The summed E-state index contributed by atoms with van der Waals surface area (Å²) in [4.78, 5) is 28.6. The molecule has 5 heteroatoms. The van der Waals surface area contributed by atoms with Gasteiger partial charge in [0.05, 0.1) is 17.5 Å². The number of hydrogen-bond donors (Lipinski definition) is 1. The minimum absolute atomic E-state index is 0.0162. The Kier molecular flexibility index (Phi) is 4.64. The third-order valence-corrected chi connectivity index (χ3v) is 6.19. The van der Waals surface area contributed by atoms with E-state index in [-0.39, 0.29) is 30.4 Å². The van der Waals surface area contributed by atoms with Crippen LogP contribution in [0.4, 0.5) is 0 Å². The van der Waals surface area contributed by atoms with Crippen LogP contribution in [-0.4, -0.2) is 35.3 Å². The minimum Gasteiger partial charge on any atom is -0.342 e. The molecule has 2 unspecified atom stereocenters. The molecule has 0 saturated carbocycles. The van der Waals surface area contributed by atoms with Crippen LogP contribution < -0.4 is 5.32 Å². The molecule has 26 heavy (non-hydrogen) atoms. The number of carbonyl (C=O) groups excluding carboxylic acids is 2. The van der Waals surface area contributed by atoms with Gasteiger partial charge in [0, 0.05) is 10.9 Å². The zero-order chi connectivity index (χ0) is 18.1. The normalized spacial score (nSPS) is 21.4. The molecule has 134 valence electrons. The highest BCUT2D eigenvalue weighted by atomic mass is 32.1. The monoisotopic (exact) mass is 366 g/mol. The molecule has 2 atom stereocenters. The Morgan fingerprint density at radius 3 is 2.65 bits per heavy atom. The van der Waals surface area contributed by atoms with E-state index in [2.05, 4.69) is 35.7 Å². The predicted molar refractivity (Wildman–Crippen MR) is 104 cm³/mol. The summed E-state index contributed by atoms with van der Waals surface area (Å²) in [5.41, 5.74) is 2.58. The molecule has 1 aromatic carbocycles. The summed E-state index contributed by atoms with van der Waals surface area (Å²) < 4.78 is 0. The molecule has 4 nitrogen and oxygen atoms in total. The molecule has 2 bridgehead atoms. The van der Waals surface area contributed by atoms with E-state index < -0.39 is 0 Å². The van der Waals surface area contributed by atoms with Gasteiger partial charge in [0.1, 0.15) is 0 Å². The molecule has 2 aromatic rings. The number of thiophene rings is 1. The van der Waals surface area contributed by atoms with Crippen molar-refractivity contribution in [1.29, 1.82) is 0 Å². The van der Waals surface area contributed by atoms with Gasteiger partial charge in [-0.3, -0.25) is 9.59 Å². The van der Waals surface area contributed by atoms with Crippen LogP contribution >= 0.6 is 11.3 Å². The van der Waals surface area contributed by atoms with Crippen LogP contribution in [0.25, 0.3) is 5.57 Å². The van der Waals surface area contributed by atoms with Gasteiger partial charge in [-0.15, -0.1) is 11.3 Å². The Balaban J connectivity index is 1.41. The fourth-order valence-electron chi connectivity index (χ4n) is 3.98. The fraction of sp³-hybridized carbons (Fsp3) is 0.333. The van der Waals surface area contributed by atoms with E-state index in [1.165, 1.54) is 22.5 Å². The molecule has 0 radical (unpaired) electrons. The van der Waals surface area contributed by atoms with Crippen LogP contribution in [0.1, 0.15) is 39.4 Å².